The molecule has 0 saturated carbocycles. The Bertz CT molecular complexity index is 533. The highest BCUT2D eigenvalue weighted by Crippen LogP contribution is 2.39. The van der Waals surface area contributed by atoms with E-state index < -0.39 is 0 Å². The van der Waals surface area contributed by atoms with Crippen LogP contribution in [0, 0.1) is 0 Å². The van der Waals surface area contributed by atoms with E-state index >= 15 is 0 Å². The number of likely N-dealkylation sites (N-methyl/N-ethyl adjacent to an activating group) is 1. The summed E-state index contributed by atoms with van der Waals surface area (Å²) in [7, 11) is 0. The van der Waals surface area contributed by atoms with Crippen LogP contribution in [-0.4, -0.2) is 36.5 Å². The minimum atomic E-state index is 0. The number of hydrogen-bond acceptors (Lipinski definition) is 2. The van der Waals surface area contributed by atoms with E-state index in [9.17, 15) is 4.79 Å². The van der Waals surface area contributed by atoms with Gasteiger partial charge in [-0.3, -0.25) is 4.79 Å². The average molecular weight is 315 g/mol. The second kappa shape index (κ2) is 5.92. The van der Waals surface area contributed by atoms with Gasteiger partial charge in [-0.2, -0.15) is 0 Å². The molecule has 2 heterocycles. The zero-order valence-electron chi connectivity index (χ0n) is 11.8. The summed E-state index contributed by atoms with van der Waals surface area (Å²) in [4.78, 5) is 14.6. The molecule has 3 nitrogen and oxygen atoms in total. The number of fused-ring (bicyclic) bond motifs is 3. The molecule has 1 N–H and O–H groups in total. The molecular formula is C15H20Cl2N2O. The molecule has 3 rings (SSSR count). The number of benzene rings is 1. The molecule has 20 heavy (non-hydrogen) atoms. The van der Waals surface area contributed by atoms with Crippen LogP contribution in [0.4, 0.5) is 0 Å². The number of rotatable bonds is 2. The number of carbonyl (C=O) groups is 1. The molecule has 0 unspecified atom stereocenters. The normalized spacial score (nSPS) is 24.1. The zero-order valence-corrected chi connectivity index (χ0v) is 13.4. The van der Waals surface area contributed by atoms with Crippen LogP contribution in [-0.2, 0) is 6.42 Å². The zero-order chi connectivity index (χ0) is 13.6. The van der Waals surface area contributed by atoms with Crippen LogP contribution >= 0.6 is 24.0 Å². The van der Waals surface area contributed by atoms with E-state index in [1.807, 2.05) is 17.9 Å². The Morgan fingerprint density at radius 2 is 2.10 bits per heavy atom. The van der Waals surface area contributed by atoms with E-state index in [1.54, 1.807) is 0 Å². The topological polar surface area (TPSA) is 32.3 Å². The molecule has 1 aromatic rings. The molecule has 2 aliphatic rings. The van der Waals surface area contributed by atoms with Crippen LogP contribution in [0.3, 0.4) is 0 Å². The summed E-state index contributed by atoms with van der Waals surface area (Å²) >= 11 is 6.37. The summed E-state index contributed by atoms with van der Waals surface area (Å²) in [6, 6.07) is 4.40. The molecule has 2 aliphatic heterocycles. The van der Waals surface area contributed by atoms with E-state index in [0.29, 0.717) is 10.9 Å². The number of hydrogen-bond donors (Lipinski definition) is 1. The summed E-state index contributed by atoms with van der Waals surface area (Å²) < 4.78 is 0. The van der Waals surface area contributed by atoms with E-state index in [0.717, 1.165) is 37.2 Å². The van der Waals surface area contributed by atoms with Gasteiger partial charge in [0.2, 0.25) is 0 Å². The van der Waals surface area contributed by atoms with Gasteiger partial charge in [0.1, 0.15) is 0 Å². The van der Waals surface area contributed by atoms with Crippen molar-refractivity contribution in [2.24, 2.45) is 0 Å². The lowest BCUT2D eigenvalue weighted by molar-refractivity contribution is 0.0661. The standard InChI is InChI=1S/C15H19ClN2O.ClH/c1-3-9-5-10-11-7-17-8-13(11)18(4-2)15(19)14(10)12(16)6-9;/h5-6,11,13,17H,3-4,7-8H2,1-2H3;1H/t11-,13+;/m1./s1. The third-order valence-corrected chi connectivity index (χ3v) is 4.68. The van der Waals surface area contributed by atoms with Crippen LogP contribution in [0.1, 0.15) is 41.3 Å². The maximum absolute atomic E-state index is 12.6. The molecule has 1 aromatic carbocycles. The van der Waals surface area contributed by atoms with Crippen LogP contribution in [0.2, 0.25) is 5.02 Å². The van der Waals surface area contributed by atoms with E-state index in [1.165, 1.54) is 5.56 Å². The first-order valence-corrected chi connectivity index (χ1v) is 7.39. The molecule has 0 aromatic heterocycles. The minimum Gasteiger partial charge on any atom is -0.334 e. The Labute approximate surface area is 131 Å². The predicted molar refractivity (Wildman–Crippen MR) is 84.2 cm³/mol. The molecule has 0 aliphatic carbocycles. The fourth-order valence-electron chi connectivity index (χ4n) is 3.39. The van der Waals surface area contributed by atoms with Gasteiger partial charge in [-0.05, 0) is 30.5 Å². The van der Waals surface area contributed by atoms with Crippen molar-refractivity contribution in [1.29, 1.82) is 0 Å². The molecule has 2 atom stereocenters. The lowest BCUT2D eigenvalue weighted by Crippen LogP contribution is -2.48. The van der Waals surface area contributed by atoms with E-state index in [-0.39, 0.29) is 24.4 Å². The van der Waals surface area contributed by atoms with Crippen molar-refractivity contribution >= 4 is 29.9 Å². The van der Waals surface area contributed by atoms with Crippen LogP contribution < -0.4 is 5.32 Å². The maximum atomic E-state index is 12.6. The van der Waals surface area contributed by atoms with Crippen molar-refractivity contribution in [2.75, 3.05) is 19.6 Å². The van der Waals surface area contributed by atoms with Crippen LogP contribution in [0.5, 0.6) is 0 Å². The lowest BCUT2D eigenvalue weighted by atomic mass is 9.83. The van der Waals surface area contributed by atoms with Gasteiger partial charge in [0.25, 0.3) is 5.91 Å². The number of nitrogens with one attached hydrogen (secondary N) is 1. The van der Waals surface area contributed by atoms with Crippen LogP contribution in [0.15, 0.2) is 12.1 Å². The largest absolute Gasteiger partial charge is 0.334 e. The maximum Gasteiger partial charge on any atom is 0.255 e. The van der Waals surface area contributed by atoms with Gasteiger partial charge in [0, 0.05) is 25.6 Å². The predicted octanol–water partition coefficient (Wildman–Crippen LogP) is 2.86. The van der Waals surface area contributed by atoms with Crippen molar-refractivity contribution in [3.8, 4) is 0 Å². The van der Waals surface area contributed by atoms with Crippen molar-refractivity contribution < 1.29 is 4.79 Å². The van der Waals surface area contributed by atoms with Gasteiger partial charge in [-0.15, -0.1) is 12.4 Å². The van der Waals surface area contributed by atoms with Crippen molar-refractivity contribution in [3.05, 3.63) is 33.8 Å². The first-order chi connectivity index (χ1) is 9.17. The first kappa shape index (κ1) is 15.6. The summed E-state index contributed by atoms with van der Waals surface area (Å²) in [5.41, 5.74) is 3.09. The Balaban J connectivity index is 0.00000147. The van der Waals surface area contributed by atoms with Gasteiger partial charge in [-0.25, -0.2) is 0 Å². The molecule has 1 amide bonds. The SMILES string of the molecule is CCc1cc(Cl)c2c(c1)[C@H]1CNC[C@@H]1N(CC)C2=O.Cl. The molecule has 1 saturated heterocycles. The first-order valence-electron chi connectivity index (χ1n) is 7.01. The number of carbonyl (C=O) groups excluding carboxylic acids is 1. The summed E-state index contributed by atoms with van der Waals surface area (Å²) in [5, 5.41) is 4.02. The average Bonchev–Trinajstić information content (AvgIpc) is 2.87. The number of halogens is 2. The Morgan fingerprint density at radius 1 is 1.35 bits per heavy atom. The van der Waals surface area contributed by atoms with E-state index in [2.05, 4.69) is 18.3 Å². The highest BCUT2D eigenvalue weighted by atomic mass is 35.5. The molecule has 110 valence electrons. The molecule has 0 radical (unpaired) electrons. The second-order valence-corrected chi connectivity index (χ2v) is 5.73. The Morgan fingerprint density at radius 3 is 2.75 bits per heavy atom. The summed E-state index contributed by atoms with van der Waals surface area (Å²) in [6.07, 6.45) is 0.948. The molecule has 0 bridgehead atoms. The van der Waals surface area contributed by atoms with E-state index in [4.69, 9.17) is 11.6 Å². The lowest BCUT2D eigenvalue weighted by Gasteiger charge is -2.38. The summed E-state index contributed by atoms with van der Waals surface area (Å²) in [5.74, 6) is 0.478. The highest BCUT2D eigenvalue weighted by molar-refractivity contribution is 6.34. The second-order valence-electron chi connectivity index (χ2n) is 5.32. The molecule has 1 fully saturated rings. The van der Waals surface area contributed by atoms with Crippen molar-refractivity contribution in [3.63, 3.8) is 0 Å². The quantitative estimate of drug-likeness (QED) is 0.910. The van der Waals surface area contributed by atoms with Gasteiger partial charge in [0.05, 0.1) is 16.6 Å². The third-order valence-electron chi connectivity index (χ3n) is 4.39. The highest BCUT2D eigenvalue weighted by Gasteiger charge is 2.42. The molecule has 0 spiro atoms. The number of nitrogens with zero attached hydrogens (tertiary/aromatic N) is 1. The number of amides is 1. The van der Waals surface area contributed by atoms with Crippen LogP contribution in [0.25, 0.3) is 0 Å². The monoisotopic (exact) mass is 314 g/mol. The van der Waals surface area contributed by atoms with Crippen molar-refractivity contribution in [2.45, 2.75) is 32.2 Å². The third kappa shape index (κ3) is 2.22. The summed E-state index contributed by atoms with van der Waals surface area (Å²) in [6.45, 7) is 6.72. The Hall–Kier alpha value is -0.770. The van der Waals surface area contributed by atoms with Gasteiger partial charge < -0.3 is 10.2 Å². The van der Waals surface area contributed by atoms with Crippen molar-refractivity contribution in [1.82, 2.24) is 10.2 Å². The fourth-order valence-corrected chi connectivity index (χ4v) is 3.72. The number of aryl methyl sites for hydroxylation is 1. The molecule has 5 heteroatoms. The minimum absolute atomic E-state index is 0. The van der Waals surface area contributed by atoms with Gasteiger partial charge >= 0.3 is 0 Å². The fraction of sp³-hybridized carbons (Fsp3) is 0.533. The molecular weight excluding hydrogens is 295 g/mol. The smallest absolute Gasteiger partial charge is 0.255 e. The van der Waals surface area contributed by atoms with Gasteiger partial charge in [0.15, 0.2) is 0 Å². The van der Waals surface area contributed by atoms with Gasteiger partial charge in [-0.1, -0.05) is 24.6 Å². The Kier molecular flexibility index (Phi) is 4.62.